The van der Waals surface area contributed by atoms with Gasteiger partial charge in [-0.2, -0.15) is 0 Å². The van der Waals surface area contributed by atoms with Gasteiger partial charge in [0.15, 0.2) is 0 Å². The van der Waals surface area contributed by atoms with Crippen molar-refractivity contribution in [1.82, 2.24) is 19.3 Å². The Morgan fingerprint density at radius 3 is 2.44 bits per heavy atom. The van der Waals surface area contributed by atoms with E-state index in [1.165, 1.54) is 0 Å². The largest absolute Gasteiger partial charge is 0.369 e. The summed E-state index contributed by atoms with van der Waals surface area (Å²) in [7, 11) is -3.54. The lowest BCUT2D eigenvalue weighted by molar-refractivity contribution is 0.582. The Morgan fingerprint density at radius 2 is 1.74 bits per heavy atom. The highest BCUT2D eigenvalue weighted by molar-refractivity contribution is 7.89. The minimum Gasteiger partial charge on any atom is -0.369 e. The van der Waals surface area contributed by atoms with Gasteiger partial charge in [-0.05, 0) is 44.5 Å². The van der Waals surface area contributed by atoms with E-state index in [1.807, 2.05) is 55.1 Å². The number of anilines is 1. The molecule has 0 amide bonds. The number of aromatic nitrogens is 3. The molecular weight excluding hydrogens is 362 g/mol. The molecule has 0 saturated heterocycles. The molecule has 0 saturated carbocycles. The highest BCUT2D eigenvalue weighted by Gasteiger charge is 2.15. The molecule has 0 unspecified atom stereocenters. The minimum absolute atomic E-state index is 0.248. The van der Waals surface area contributed by atoms with Gasteiger partial charge in [-0.1, -0.05) is 17.7 Å². The lowest BCUT2D eigenvalue weighted by Gasteiger charge is -2.12. The van der Waals surface area contributed by atoms with Crippen molar-refractivity contribution in [2.75, 3.05) is 18.4 Å². The van der Waals surface area contributed by atoms with Gasteiger partial charge in [0, 0.05) is 31.5 Å². The Balaban J connectivity index is 1.62. The Kier molecular flexibility index (Phi) is 5.57. The summed E-state index contributed by atoms with van der Waals surface area (Å²) >= 11 is 0. The van der Waals surface area contributed by atoms with Crippen molar-refractivity contribution < 1.29 is 8.42 Å². The molecule has 0 radical (unpaired) electrons. The van der Waals surface area contributed by atoms with Crippen LogP contribution in [0.3, 0.4) is 0 Å². The van der Waals surface area contributed by atoms with Gasteiger partial charge in [-0.25, -0.2) is 23.1 Å². The molecule has 142 valence electrons. The fourth-order valence-corrected chi connectivity index (χ4v) is 4.07. The van der Waals surface area contributed by atoms with Crippen molar-refractivity contribution in [3.05, 3.63) is 65.7 Å². The Hall–Kier alpha value is -2.71. The fourth-order valence-electron chi connectivity index (χ4n) is 2.82. The summed E-state index contributed by atoms with van der Waals surface area (Å²) < 4.78 is 29.5. The van der Waals surface area contributed by atoms with Gasteiger partial charge >= 0.3 is 0 Å². The van der Waals surface area contributed by atoms with Crippen molar-refractivity contribution in [3.63, 3.8) is 0 Å². The van der Waals surface area contributed by atoms with Crippen LogP contribution in [0.2, 0.25) is 0 Å². The predicted octanol–water partition coefficient (Wildman–Crippen LogP) is 2.58. The number of aryl methyl sites for hydroxylation is 3. The van der Waals surface area contributed by atoms with E-state index in [4.69, 9.17) is 0 Å². The predicted molar refractivity (Wildman–Crippen MR) is 106 cm³/mol. The molecule has 0 atom stereocenters. The molecule has 0 aliphatic carbocycles. The molecule has 0 aliphatic heterocycles. The molecule has 0 bridgehead atoms. The van der Waals surface area contributed by atoms with Crippen molar-refractivity contribution in [2.45, 2.75) is 25.7 Å². The average Bonchev–Trinajstić information content (AvgIpc) is 3.12. The summed E-state index contributed by atoms with van der Waals surface area (Å²) in [6, 6.07) is 11.0. The first-order chi connectivity index (χ1) is 12.8. The monoisotopic (exact) mass is 385 g/mol. The second-order valence-electron chi connectivity index (χ2n) is 6.34. The molecule has 2 aromatic heterocycles. The van der Waals surface area contributed by atoms with E-state index >= 15 is 0 Å². The van der Waals surface area contributed by atoms with Gasteiger partial charge in [0.05, 0.1) is 4.90 Å². The maximum Gasteiger partial charge on any atom is 0.240 e. The van der Waals surface area contributed by atoms with Crippen LogP contribution in [0.1, 0.15) is 17.0 Å². The van der Waals surface area contributed by atoms with Crippen LogP contribution in [0.5, 0.6) is 0 Å². The van der Waals surface area contributed by atoms with Gasteiger partial charge in [0.1, 0.15) is 17.5 Å². The highest BCUT2D eigenvalue weighted by atomic mass is 32.2. The van der Waals surface area contributed by atoms with Gasteiger partial charge in [-0.3, -0.25) is 0 Å². The second kappa shape index (κ2) is 7.89. The van der Waals surface area contributed by atoms with E-state index in [1.54, 1.807) is 19.1 Å². The molecule has 0 fully saturated rings. The summed E-state index contributed by atoms with van der Waals surface area (Å²) in [6.07, 6.45) is 3.81. The van der Waals surface area contributed by atoms with Crippen LogP contribution in [-0.4, -0.2) is 36.0 Å². The molecule has 1 aromatic carbocycles. The molecule has 7 nitrogen and oxygen atoms in total. The zero-order valence-electron chi connectivity index (χ0n) is 15.6. The maximum absolute atomic E-state index is 12.5. The number of nitrogens with one attached hydrogen (secondary N) is 2. The zero-order valence-corrected chi connectivity index (χ0v) is 16.4. The molecule has 2 N–H and O–H groups in total. The topological polar surface area (TPSA) is 88.9 Å². The quantitative estimate of drug-likeness (QED) is 0.610. The highest BCUT2D eigenvalue weighted by Crippen LogP contribution is 2.16. The van der Waals surface area contributed by atoms with Crippen LogP contribution in [0.4, 0.5) is 5.82 Å². The average molecular weight is 385 g/mol. The first-order valence-corrected chi connectivity index (χ1v) is 10.1. The molecule has 0 aliphatic rings. The van der Waals surface area contributed by atoms with Gasteiger partial charge in [0.25, 0.3) is 0 Å². The summed E-state index contributed by atoms with van der Waals surface area (Å²) in [5.41, 5.74) is 1.77. The van der Waals surface area contributed by atoms with E-state index < -0.39 is 10.0 Å². The molecule has 0 spiro atoms. The summed E-state index contributed by atoms with van der Waals surface area (Å²) in [5, 5.41) is 3.14. The first kappa shape index (κ1) is 19.1. The number of rotatable bonds is 7. The van der Waals surface area contributed by atoms with Crippen LogP contribution in [0.15, 0.2) is 53.7 Å². The van der Waals surface area contributed by atoms with Crippen molar-refractivity contribution in [2.24, 2.45) is 0 Å². The van der Waals surface area contributed by atoms with Crippen LogP contribution in [0.25, 0.3) is 5.82 Å². The third-order valence-corrected chi connectivity index (χ3v) is 5.66. The Labute approximate surface area is 159 Å². The number of sulfonamides is 1. The SMILES string of the molecule is Cc1ccc(S(=O)(=O)NCCNc2cc(-n3cccc3)nc(C)n2)c(C)c1. The van der Waals surface area contributed by atoms with Crippen molar-refractivity contribution >= 4 is 15.8 Å². The van der Waals surface area contributed by atoms with Crippen molar-refractivity contribution in [1.29, 1.82) is 0 Å². The zero-order chi connectivity index (χ0) is 19.4. The van der Waals surface area contributed by atoms with Gasteiger partial charge in [-0.15, -0.1) is 0 Å². The fraction of sp³-hybridized carbons (Fsp3) is 0.263. The number of hydrogen-bond donors (Lipinski definition) is 2. The normalized spacial score (nSPS) is 11.5. The second-order valence-corrected chi connectivity index (χ2v) is 8.08. The molecule has 3 aromatic rings. The van der Waals surface area contributed by atoms with Crippen molar-refractivity contribution in [3.8, 4) is 5.82 Å². The summed E-state index contributed by atoms with van der Waals surface area (Å²) in [4.78, 5) is 9.05. The number of hydrogen-bond acceptors (Lipinski definition) is 5. The molecular formula is C19H23N5O2S. The summed E-state index contributed by atoms with van der Waals surface area (Å²) in [6.45, 7) is 6.21. The minimum atomic E-state index is -3.54. The molecule has 8 heteroatoms. The number of benzene rings is 1. The van der Waals surface area contributed by atoms with E-state index in [9.17, 15) is 8.42 Å². The third kappa shape index (κ3) is 4.72. The van der Waals surface area contributed by atoms with E-state index in [2.05, 4.69) is 20.0 Å². The third-order valence-electron chi connectivity index (χ3n) is 4.04. The van der Waals surface area contributed by atoms with Gasteiger partial charge in [0.2, 0.25) is 10.0 Å². The number of nitrogens with zero attached hydrogens (tertiary/aromatic N) is 3. The smallest absolute Gasteiger partial charge is 0.240 e. The van der Waals surface area contributed by atoms with E-state index in [0.717, 1.165) is 16.9 Å². The first-order valence-electron chi connectivity index (χ1n) is 8.65. The van der Waals surface area contributed by atoms with E-state index in [-0.39, 0.29) is 6.54 Å². The molecule has 3 rings (SSSR count). The van der Waals surface area contributed by atoms with Gasteiger partial charge < -0.3 is 9.88 Å². The molecule has 2 heterocycles. The van der Waals surface area contributed by atoms with E-state index in [0.29, 0.717) is 23.1 Å². The summed E-state index contributed by atoms with van der Waals surface area (Å²) in [5.74, 6) is 2.04. The standard InChI is InChI=1S/C19H23N5O2S/c1-14-6-7-17(15(2)12-14)27(25,26)21-9-8-20-18-13-19(23-16(3)22-18)24-10-4-5-11-24/h4-7,10-13,21H,8-9H2,1-3H3,(H,20,22,23). The van der Waals surface area contributed by atoms with Crippen LogP contribution in [0, 0.1) is 20.8 Å². The molecule has 27 heavy (non-hydrogen) atoms. The van der Waals surface area contributed by atoms with Crippen LogP contribution < -0.4 is 10.0 Å². The van der Waals surface area contributed by atoms with Crippen LogP contribution in [-0.2, 0) is 10.0 Å². The Bertz CT molecular complexity index is 1030. The lowest BCUT2D eigenvalue weighted by Crippen LogP contribution is -2.29. The van der Waals surface area contributed by atoms with Crippen LogP contribution >= 0.6 is 0 Å². The Morgan fingerprint density at radius 1 is 1.00 bits per heavy atom. The maximum atomic E-state index is 12.5. The lowest BCUT2D eigenvalue weighted by atomic mass is 10.2.